The quantitative estimate of drug-likeness (QED) is 0.780. The van der Waals surface area contributed by atoms with Gasteiger partial charge in [-0.1, -0.05) is 5.16 Å². The lowest BCUT2D eigenvalue weighted by molar-refractivity contribution is -0.159. The maximum Gasteiger partial charge on any atom is 0.471 e. The van der Waals surface area contributed by atoms with E-state index in [0.717, 1.165) is 6.20 Å². The lowest BCUT2D eigenvalue weighted by atomic mass is 10.3. The minimum atomic E-state index is -4.70. The van der Waals surface area contributed by atoms with E-state index in [1.807, 2.05) is 0 Å². The first-order chi connectivity index (χ1) is 8.50. The highest BCUT2D eigenvalue weighted by molar-refractivity contribution is 5.51. The second kappa shape index (κ2) is 4.43. The van der Waals surface area contributed by atoms with E-state index in [1.54, 1.807) is 0 Å². The Bertz CT molecular complexity index is 550. The number of rotatable bonds is 3. The van der Waals surface area contributed by atoms with Gasteiger partial charge >= 0.3 is 12.1 Å². The molecule has 0 saturated heterocycles. The predicted octanol–water partition coefficient (Wildman–Crippen LogP) is 1.69. The van der Waals surface area contributed by atoms with Gasteiger partial charge in [0.1, 0.15) is 11.4 Å². The molecular weight excluding hydrogens is 255 g/mol. The Labute approximate surface area is 97.4 Å². The summed E-state index contributed by atoms with van der Waals surface area (Å²) in [5.74, 6) is -1.61. The number of hydrogen-bond donors (Lipinski definition) is 0. The Morgan fingerprint density at radius 3 is 2.61 bits per heavy atom. The summed E-state index contributed by atoms with van der Waals surface area (Å²) in [6, 6.07) is 2.63. The van der Waals surface area contributed by atoms with Crippen molar-refractivity contribution in [2.75, 3.05) is 0 Å². The Balaban J connectivity index is 2.26. The van der Waals surface area contributed by atoms with Crippen LogP contribution in [0.2, 0.25) is 0 Å². The molecule has 0 aromatic carbocycles. The largest absolute Gasteiger partial charge is 0.471 e. The van der Waals surface area contributed by atoms with Crippen LogP contribution in [0, 0.1) is 0 Å². The van der Waals surface area contributed by atoms with Crippen molar-refractivity contribution in [3.8, 4) is 17.3 Å². The van der Waals surface area contributed by atoms with Gasteiger partial charge in [0.15, 0.2) is 0 Å². The van der Waals surface area contributed by atoms with E-state index in [9.17, 15) is 18.0 Å². The van der Waals surface area contributed by atoms with Gasteiger partial charge in [-0.3, -0.25) is 4.79 Å². The highest BCUT2D eigenvalue weighted by Gasteiger charge is 2.38. The molecule has 2 aromatic heterocycles. The molecule has 0 amide bonds. The van der Waals surface area contributed by atoms with Gasteiger partial charge in [0.05, 0.1) is 6.20 Å². The normalized spacial score (nSPS) is 11.3. The van der Waals surface area contributed by atoms with E-state index in [4.69, 9.17) is 0 Å². The van der Waals surface area contributed by atoms with Crippen LogP contribution in [0.3, 0.4) is 0 Å². The molecule has 94 valence electrons. The molecule has 0 saturated carbocycles. The van der Waals surface area contributed by atoms with E-state index in [0.29, 0.717) is 0 Å². The van der Waals surface area contributed by atoms with Gasteiger partial charge in [0, 0.05) is 0 Å². The number of ether oxygens (including phenoxy) is 1. The second-order valence-electron chi connectivity index (χ2n) is 3.01. The Morgan fingerprint density at radius 1 is 1.33 bits per heavy atom. The number of halogens is 3. The topological polar surface area (TPSA) is 78.1 Å². The molecule has 0 spiro atoms. The van der Waals surface area contributed by atoms with E-state index in [-0.39, 0.29) is 23.7 Å². The van der Waals surface area contributed by atoms with Crippen LogP contribution in [0.5, 0.6) is 5.75 Å². The standard InChI is InChI=1S/C9H4F3N3O3/c10-9(11,12)8-14-7(15-18-8)6-2-1-5(3-13-6)17-4-16/h1-4H. The van der Waals surface area contributed by atoms with Crippen LogP contribution < -0.4 is 4.74 Å². The van der Waals surface area contributed by atoms with Crippen molar-refractivity contribution in [3.63, 3.8) is 0 Å². The number of pyridine rings is 1. The number of carbonyl (C=O) groups excluding carboxylic acids is 1. The first kappa shape index (κ1) is 12.0. The summed E-state index contributed by atoms with van der Waals surface area (Å²) < 4.78 is 45.1. The molecule has 6 nitrogen and oxygen atoms in total. The van der Waals surface area contributed by atoms with E-state index in [2.05, 4.69) is 24.4 Å². The van der Waals surface area contributed by atoms with Crippen molar-refractivity contribution in [3.05, 3.63) is 24.2 Å². The first-order valence-corrected chi connectivity index (χ1v) is 4.48. The zero-order chi connectivity index (χ0) is 13.2. The number of carbonyl (C=O) groups is 1. The predicted molar refractivity (Wildman–Crippen MR) is 49.2 cm³/mol. The van der Waals surface area contributed by atoms with Crippen LogP contribution in [0.25, 0.3) is 11.5 Å². The van der Waals surface area contributed by atoms with E-state index in [1.165, 1.54) is 12.1 Å². The molecule has 0 atom stereocenters. The van der Waals surface area contributed by atoms with Gasteiger partial charge < -0.3 is 9.26 Å². The fourth-order valence-electron chi connectivity index (χ4n) is 1.08. The van der Waals surface area contributed by atoms with Crippen molar-refractivity contribution in [2.45, 2.75) is 6.18 Å². The van der Waals surface area contributed by atoms with Crippen molar-refractivity contribution < 1.29 is 27.2 Å². The van der Waals surface area contributed by atoms with E-state index >= 15 is 0 Å². The lowest BCUT2D eigenvalue weighted by Gasteiger charge is -1.97. The third-order valence-electron chi connectivity index (χ3n) is 1.82. The van der Waals surface area contributed by atoms with Crippen LogP contribution in [-0.2, 0) is 11.0 Å². The number of hydrogen-bond acceptors (Lipinski definition) is 6. The van der Waals surface area contributed by atoms with Crippen molar-refractivity contribution in [1.82, 2.24) is 15.1 Å². The maximum absolute atomic E-state index is 12.2. The molecule has 0 aliphatic heterocycles. The third kappa shape index (κ3) is 2.44. The molecule has 0 radical (unpaired) electrons. The molecule has 0 unspecified atom stereocenters. The van der Waals surface area contributed by atoms with Crippen LogP contribution in [-0.4, -0.2) is 21.6 Å². The van der Waals surface area contributed by atoms with Crippen molar-refractivity contribution >= 4 is 6.47 Å². The number of aromatic nitrogens is 3. The van der Waals surface area contributed by atoms with Gasteiger partial charge in [-0.25, -0.2) is 4.98 Å². The molecule has 2 rings (SSSR count). The van der Waals surface area contributed by atoms with Crippen LogP contribution >= 0.6 is 0 Å². The molecule has 0 N–H and O–H groups in total. The Morgan fingerprint density at radius 2 is 2.11 bits per heavy atom. The highest BCUT2D eigenvalue weighted by atomic mass is 19.4. The summed E-state index contributed by atoms with van der Waals surface area (Å²) in [6.45, 7) is 0.201. The molecule has 18 heavy (non-hydrogen) atoms. The van der Waals surface area contributed by atoms with Crippen LogP contribution in [0.15, 0.2) is 22.9 Å². The SMILES string of the molecule is O=COc1ccc(-c2noc(C(F)(F)F)n2)nc1. The average molecular weight is 259 g/mol. The van der Waals surface area contributed by atoms with Crippen LogP contribution in [0.1, 0.15) is 5.89 Å². The minimum Gasteiger partial charge on any atom is -0.427 e. The van der Waals surface area contributed by atoms with Gasteiger partial charge in [-0.2, -0.15) is 18.2 Å². The molecule has 9 heteroatoms. The molecule has 0 bridgehead atoms. The summed E-state index contributed by atoms with van der Waals surface area (Å²) >= 11 is 0. The van der Waals surface area contributed by atoms with Gasteiger partial charge in [-0.05, 0) is 12.1 Å². The number of nitrogens with zero attached hydrogens (tertiary/aromatic N) is 3. The van der Waals surface area contributed by atoms with Gasteiger partial charge in [-0.15, -0.1) is 0 Å². The third-order valence-corrected chi connectivity index (χ3v) is 1.82. The zero-order valence-electron chi connectivity index (χ0n) is 8.51. The molecule has 0 aliphatic rings. The van der Waals surface area contributed by atoms with Gasteiger partial charge in [0.2, 0.25) is 5.82 Å². The molecule has 0 fully saturated rings. The fraction of sp³-hybridized carbons (Fsp3) is 0.111. The second-order valence-corrected chi connectivity index (χ2v) is 3.01. The molecule has 0 aliphatic carbocycles. The zero-order valence-corrected chi connectivity index (χ0v) is 8.51. The summed E-state index contributed by atoms with van der Waals surface area (Å²) in [5.41, 5.74) is 0.0625. The van der Waals surface area contributed by atoms with Crippen molar-refractivity contribution in [2.24, 2.45) is 0 Å². The minimum absolute atomic E-state index is 0.0625. The average Bonchev–Trinajstić information content (AvgIpc) is 2.79. The summed E-state index contributed by atoms with van der Waals surface area (Å²) in [6.07, 6.45) is -3.56. The molecule has 2 heterocycles. The highest BCUT2D eigenvalue weighted by Crippen LogP contribution is 2.29. The van der Waals surface area contributed by atoms with E-state index < -0.39 is 12.1 Å². The molecular formula is C9H4F3N3O3. The lowest BCUT2D eigenvalue weighted by Crippen LogP contribution is -2.04. The number of alkyl halides is 3. The van der Waals surface area contributed by atoms with Crippen molar-refractivity contribution in [1.29, 1.82) is 0 Å². The van der Waals surface area contributed by atoms with Crippen LogP contribution in [0.4, 0.5) is 13.2 Å². The summed E-state index contributed by atoms with van der Waals surface area (Å²) in [7, 11) is 0. The fourth-order valence-corrected chi connectivity index (χ4v) is 1.08. The maximum atomic E-state index is 12.2. The van der Waals surface area contributed by atoms with Gasteiger partial charge in [0.25, 0.3) is 6.47 Å². The monoisotopic (exact) mass is 259 g/mol. The summed E-state index contributed by atoms with van der Waals surface area (Å²) in [5, 5.41) is 3.15. The smallest absolute Gasteiger partial charge is 0.427 e. The summed E-state index contributed by atoms with van der Waals surface area (Å²) in [4.78, 5) is 16.9. The Kier molecular flexibility index (Phi) is 2.96. The molecule has 2 aromatic rings. The first-order valence-electron chi connectivity index (χ1n) is 4.48. The Hall–Kier alpha value is -2.45.